The molecule has 0 bridgehead atoms. The van der Waals surface area contributed by atoms with Crippen LogP contribution in [-0.2, 0) is 4.79 Å². The Morgan fingerprint density at radius 3 is 2.62 bits per heavy atom. The topological polar surface area (TPSA) is 23.6 Å². The SMILES string of the molecule is CC(=O)N1CCCN(CCCCCCl)CC1. The Balaban J connectivity index is 2.17. The molecule has 0 N–H and O–H groups in total. The molecule has 3 nitrogen and oxygen atoms in total. The van der Waals surface area contributed by atoms with E-state index in [4.69, 9.17) is 11.6 Å². The van der Waals surface area contributed by atoms with Gasteiger partial charge >= 0.3 is 0 Å². The smallest absolute Gasteiger partial charge is 0.219 e. The van der Waals surface area contributed by atoms with Crippen molar-refractivity contribution in [3.63, 3.8) is 0 Å². The van der Waals surface area contributed by atoms with Gasteiger partial charge in [0, 0.05) is 32.4 Å². The van der Waals surface area contributed by atoms with Gasteiger partial charge in [0.15, 0.2) is 0 Å². The van der Waals surface area contributed by atoms with Crippen LogP contribution in [0.25, 0.3) is 0 Å². The van der Waals surface area contributed by atoms with Gasteiger partial charge in [-0.1, -0.05) is 6.42 Å². The Hall–Kier alpha value is -0.280. The molecule has 1 aliphatic heterocycles. The van der Waals surface area contributed by atoms with Gasteiger partial charge in [-0.25, -0.2) is 0 Å². The molecule has 0 saturated carbocycles. The summed E-state index contributed by atoms with van der Waals surface area (Å²) in [4.78, 5) is 15.7. The molecule has 0 aromatic heterocycles. The molecule has 1 fully saturated rings. The Bertz CT molecular complexity index is 211. The van der Waals surface area contributed by atoms with E-state index in [1.165, 1.54) is 12.8 Å². The van der Waals surface area contributed by atoms with E-state index < -0.39 is 0 Å². The predicted molar refractivity (Wildman–Crippen MR) is 67.9 cm³/mol. The molecule has 0 unspecified atom stereocenters. The van der Waals surface area contributed by atoms with Crippen LogP contribution in [0.4, 0.5) is 0 Å². The maximum atomic E-state index is 11.3. The molecule has 0 aromatic carbocycles. The Labute approximate surface area is 104 Å². The summed E-state index contributed by atoms with van der Waals surface area (Å²) in [6, 6.07) is 0. The second-order valence-corrected chi connectivity index (χ2v) is 4.83. The average Bonchev–Trinajstić information content (AvgIpc) is 2.50. The van der Waals surface area contributed by atoms with Crippen molar-refractivity contribution in [1.29, 1.82) is 0 Å². The fourth-order valence-corrected chi connectivity index (χ4v) is 2.31. The molecule has 16 heavy (non-hydrogen) atoms. The Morgan fingerprint density at radius 1 is 1.12 bits per heavy atom. The summed E-state index contributed by atoms with van der Waals surface area (Å²) in [7, 11) is 0. The average molecular weight is 247 g/mol. The van der Waals surface area contributed by atoms with Gasteiger partial charge in [-0.2, -0.15) is 0 Å². The van der Waals surface area contributed by atoms with Crippen molar-refractivity contribution in [2.75, 3.05) is 38.6 Å². The molecule has 4 heteroatoms. The number of amides is 1. The van der Waals surface area contributed by atoms with Crippen LogP contribution in [0.3, 0.4) is 0 Å². The van der Waals surface area contributed by atoms with Crippen LogP contribution in [0.5, 0.6) is 0 Å². The van der Waals surface area contributed by atoms with Crippen molar-refractivity contribution in [3.05, 3.63) is 0 Å². The molecule has 1 heterocycles. The van der Waals surface area contributed by atoms with Crippen LogP contribution in [0.2, 0.25) is 0 Å². The number of hydrogen-bond donors (Lipinski definition) is 0. The Morgan fingerprint density at radius 2 is 1.94 bits per heavy atom. The van der Waals surface area contributed by atoms with E-state index in [2.05, 4.69) is 4.90 Å². The minimum Gasteiger partial charge on any atom is -0.342 e. The third kappa shape index (κ3) is 5.17. The van der Waals surface area contributed by atoms with Crippen molar-refractivity contribution in [2.24, 2.45) is 0 Å². The van der Waals surface area contributed by atoms with E-state index in [1.807, 2.05) is 4.90 Å². The van der Waals surface area contributed by atoms with Crippen LogP contribution < -0.4 is 0 Å². The second kappa shape index (κ2) is 7.91. The van der Waals surface area contributed by atoms with Crippen molar-refractivity contribution in [2.45, 2.75) is 32.6 Å². The number of unbranched alkanes of at least 4 members (excludes halogenated alkanes) is 2. The first-order valence-electron chi connectivity index (χ1n) is 6.28. The number of alkyl halides is 1. The van der Waals surface area contributed by atoms with Crippen molar-refractivity contribution in [1.82, 2.24) is 9.80 Å². The van der Waals surface area contributed by atoms with Crippen LogP contribution >= 0.6 is 11.6 Å². The van der Waals surface area contributed by atoms with Gasteiger partial charge in [0.05, 0.1) is 0 Å². The van der Waals surface area contributed by atoms with Gasteiger partial charge in [0.1, 0.15) is 0 Å². The molecule has 94 valence electrons. The number of hydrogen-bond acceptors (Lipinski definition) is 2. The highest BCUT2D eigenvalue weighted by atomic mass is 35.5. The first kappa shape index (κ1) is 13.8. The third-order valence-corrected chi connectivity index (χ3v) is 3.41. The van der Waals surface area contributed by atoms with Crippen molar-refractivity contribution >= 4 is 17.5 Å². The molecular weight excluding hydrogens is 224 g/mol. The molecule has 1 saturated heterocycles. The largest absolute Gasteiger partial charge is 0.342 e. The van der Waals surface area contributed by atoms with E-state index in [1.54, 1.807) is 6.92 Å². The summed E-state index contributed by atoms with van der Waals surface area (Å²) in [5.41, 5.74) is 0. The van der Waals surface area contributed by atoms with Gasteiger partial charge in [0.2, 0.25) is 5.91 Å². The molecule has 1 rings (SSSR count). The van der Waals surface area contributed by atoms with E-state index >= 15 is 0 Å². The predicted octanol–water partition coefficient (Wildman–Crippen LogP) is 1.95. The summed E-state index contributed by atoms with van der Waals surface area (Å²) in [5, 5.41) is 0. The van der Waals surface area contributed by atoms with Crippen LogP contribution in [-0.4, -0.2) is 54.3 Å². The van der Waals surface area contributed by atoms with Gasteiger partial charge in [-0.15, -0.1) is 11.6 Å². The second-order valence-electron chi connectivity index (χ2n) is 4.45. The quantitative estimate of drug-likeness (QED) is 0.547. The van der Waals surface area contributed by atoms with Gasteiger partial charge in [-0.05, 0) is 32.4 Å². The number of nitrogens with zero attached hydrogens (tertiary/aromatic N) is 2. The maximum Gasteiger partial charge on any atom is 0.219 e. The highest BCUT2D eigenvalue weighted by molar-refractivity contribution is 6.17. The minimum atomic E-state index is 0.212. The maximum absolute atomic E-state index is 11.3. The first-order chi connectivity index (χ1) is 7.74. The zero-order valence-electron chi connectivity index (χ0n) is 10.3. The molecule has 0 spiro atoms. The third-order valence-electron chi connectivity index (χ3n) is 3.14. The number of halogens is 1. The monoisotopic (exact) mass is 246 g/mol. The van der Waals surface area contributed by atoms with E-state index in [0.29, 0.717) is 0 Å². The molecule has 1 amide bonds. The van der Waals surface area contributed by atoms with E-state index in [0.717, 1.165) is 51.4 Å². The summed E-state index contributed by atoms with van der Waals surface area (Å²) in [6.45, 7) is 6.79. The van der Waals surface area contributed by atoms with Crippen LogP contribution in [0, 0.1) is 0 Å². The lowest BCUT2D eigenvalue weighted by molar-refractivity contribution is -0.128. The fraction of sp³-hybridized carbons (Fsp3) is 0.917. The number of carbonyl (C=O) groups excluding carboxylic acids is 1. The summed E-state index contributed by atoms with van der Waals surface area (Å²) in [6.07, 6.45) is 4.67. The fourth-order valence-electron chi connectivity index (χ4n) is 2.12. The highest BCUT2D eigenvalue weighted by Gasteiger charge is 2.15. The normalized spacial score (nSPS) is 18.5. The van der Waals surface area contributed by atoms with Crippen LogP contribution in [0.1, 0.15) is 32.6 Å². The minimum absolute atomic E-state index is 0.212. The molecule has 1 aliphatic rings. The molecular formula is C12H23ClN2O. The van der Waals surface area contributed by atoms with E-state index in [-0.39, 0.29) is 5.91 Å². The lowest BCUT2D eigenvalue weighted by atomic mass is 10.2. The van der Waals surface area contributed by atoms with Crippen molar-refractivity contribution < 1.29 is 4.79 Å². The molecule has 0 aliphatic carbocycles. The van der Waals surface area contributed by atoms with Crippen LogP contribution in [0.15, 0.2) is 0 Å². The molecule has 0 aromatic rings. The summed E-state index contributed by atoms with van der Waals surface area (Å²) >= 11 is 5.65. The number of carbonyl (C=O) groups is 1. The standard InChI is InChI=1S/C12H23ClN2O/c1-12(16)15-9-5-8-14(10-11-15)7-4-2-3-6-13/h2-11H2,1H3. The summed E-state index contributed by atoms with van der Waals surface area (Å²) < 4.78 is 0. The lowest BCUT2D eigenvalue weighted by Crippen LogP contribution is -2.33. The van der Waals surface area contributed by atoms with Gasteiger partial charge in [-0.3, -0.25) is 4.79 Å². The van der Waals surface area contributed by atoms with E-state index in [9.17, 15) is 4.79 Å². The highest BCUT2D eigenvalue weighted by Crippen LogP contribution is 2.06. The first-order valence-corrected chi connectivity index (χ1v) is 6.81. The molecule has 0 atom stereocenters. The zero-order chi connectivity index (χ0) is 11.8. The number of rotatable bonds is 5. The Kier molecular flexibility index (Phi) is 6.81. The molecule has 0 radical (unpaired) electrons. The lowest BCUT2D eigenvalue weighted by Gasteiger charge is -2.20. The zero-order valence-corrected chi connectivity index (χ0v) is 11.0. The summed E-state index contributed by atoms with van der Waals surface area (Å²) in [5.74, 6) is 0.988. The van der Waals surface area contributed by atoms with Gasteiger partial charge < -0.3 is 9.80 Å². The van der Waals surface area contributed by atoms with Crippen molar-refractivity contribution in [3.8, 4) is 0 Å². The van der Waals surface area contributed by atoms with Gasteiger partial charge in [0.25, 0.3) is 0 Å².